The second-order valence-electron chi connectivity index (χ2n) is 11.7. The van der Waals surface area contributed by atoms with E-state index in [9.17, 15) is 0 Å². The summed E-state index contributed by atoms with van der Waals surface area (Å²) in [6.07, 6.45) is 5.63. The number of thiophene rings is 1. The molecule has 0 bridgehead atoms. The van der Waals surface area contributed by atoms with Gasteiger partial charge in [-0.25, -0.2) is 0 Å². The fraction of sp³-hybridized carbons (Fsp3) is 0.0227. The summed E-state index contributed by atoms with van der Waals surface area (Å²) in [5.41, 5.74) is 9.70. The third-order valence-electron chi connectivity index (χ3n) is 8.94. The highest BCUT2D eigenvalue weighted by molar-refractivity contribution is 7.26. The molecule has 3 nitrogen and oxygen atoms in total. The monoisotopic (exact) mass is 636 g/mol. The Labute approximate surface area is 283 Å². The van der Waals surface area contributed by atoms with Crippen LogP contribution in [0.3, 0.4) is 0 Å². The van der Waals surface area contributed by atoms with Gasteiger partial charge in [-0.1, -0.05) is 122 Å². The topological polar surface area (TPSA) is 26.5 Å². The summed E-state index contributed by atoms with van der Waals surface area (Å²) >= 11 is 1.74. The first kappa shape index (κ1) is 29.4. The third kappa shape index (κ3) is 4.95. The van der Waals surface area contributed by atoms with Crippen molar-refractivity contribution in [1.82, 2.24) is 4.57 Å². The molecule has 0 N–H and O–H groups in total. The molecule has 6 aromatic carbocycles. The summed E-state index contributed by atoms with van der Waals surface area (Å²) < 4.78 is 11.2. The molecule has 0 fully saturated rings. The molecule has 0 aliphatic rings. The van der Waals surface area contributed by atoms with Crippen LogP contribution in [0.5, 0.6) is 5.75 Å². The highest BCUT2D eigenvalue weighted by Crippen LogP contribution is 2.48. The van der Waals surface area contributed by atoms with Crippen molar-refractivity contribution in [3.63, 3.8) is 0 Å². The highest BCUT2D eigenvalue weighted by atomic mass is 32.1. The van der Waals surface area contributed by atoms with Gasteiger partial charge in [-0.3, -0.25) is 4.99 Å². The standard InChI is InChI=1S/C44H32N2OS/c1-4-13-30(5-2)37-27-40(43(45-3)42-36-17-10-12-19-41(36)48-44(37)42)47-28-29-20-22-31(23-21-29)32-24-25-35-34-16-9-11-18-38(34)46(39(35)26-32)33-14-7-6-8-15-33/h4-27H,1-3,28H2/b30-13+. The lowest BCUT2D eigenvalue weighted by Crippen LogP contribution is -1.97. The number of rotatable bonds is 9. The predicted octanol–water partition coefficient (Wildman–Crippen LogP) is 12.5. The number of aliphatic imine (C=N–C) groups is 1. The molecule has 230 valence electrons. The fourth-order valence-electron chi connectivity index (χ4n) is 6.69. The Hall–Kier alpha value is -5.97. The van der Waals surface area contributed by atoms with Crippen LogP contribution in [0.1, 0.15) is 11.1 Å². The zero-order chi connectivity index (χ0) is 32.6. The highest BCUT2D eigenvalue weighted by Gasteiger charge is 2.19. The van der Waals surface area contributed by atoms with E-state index >= 15 is 0 Å². The van der Waals surface area contributed by atoms with Crippen molar-refractivity contribution in [3.05, 3.63) is 170 Å². The van der Waals surface area contributed by atoms with E-state index in [1.54, 1.807) is 17.4 Å². The van der Waals surface area contributed by atoms with Crippen LogP contribution in [0.15, 0.2) is 164 Å². The Morgan fingerprint density at radius 1 is 0.729 bits per heavy atom. The van der Waals surface area contributed by atoms with Crippen LogP contribution in [0.25, 0.3) is 64.4 Å². The Bertz CT molecular complexity index is 2550. The average molecular weight is 637 g/mol. The summed E-state index contributed by atoms with van der Waals surface area (Å²) in [4.78, 5) is 4.49. The second-order valence-corrected chi connectivity index (χ2v) is 12.8. The molecule has 0 aliphatic heterocycles. The van der Waals surface area contributed by atoms with E-state index in [0.717, 1.165) is 49.1 Å². The van der Waals surface area contributed by atoms with Crippen molar-refractivity contribution in [2.75, 3.05) is 0 Å². The fourth-order valence-corrected chi connectivity index (χ4v) is 7.94. The minimum atomic E-state index is 0.395. The maximum Gasteiger partial charge on any atom is 0.146 e. The molecule has 0 aliphatic carbocycles. The second kappa shape index (κ2) is 12.3. The number of aromatic nitrogens is 1. The molecule has 0 atom stereocenters. The number of para-hydroxylation sites is 2. The summed E-state index contributed by atoms with van der Waals surface area (Å²) in [5, 5.41) is 4.68. The van der Waals surface area contributed by atoms with Crippen LogP contribution in [0.2, 0.25) is 0 Å². The van der Waals surface area contributed by atoms with E-state index in [1.165, 1.54) is 32.1 Å². The maximum absolute atomic E-state index is 6.54. The molecule has 8 aromatic rings. The SMILES string of the molecule is C=C/C=C(\C=C)c1cc(OCc2ccc(-c3ccc4c5ccccc5n(-c5ccccc5)c4c3)cc2)c(N=C)c2c1sc1ccccc12. The molecule has 4 heteroatoms. The van der Waals surface area contributed by atoms with Crippen molar-refractivity contribution in [2.45, 2.75) is 6.61 Å². The molecular weight excluding hydrogens is 605 g/mol. The number of nitrogens with zero attached hydrogens (tertiary/aromatic N) is 2. The van der Waals surface area contributed by atoms with Gasteiger partial charge in [0, 0.05) is 42.2 Å². The van der Waals surface area contributed by atoms with Crippen molar-refractivity contribution in [3.8, 4) is 22.6 Å². The maximum atomic E-state index is 6.54. The smallest absolute Gasteiger partial charge is 0.146 e. The van der Waals surface area contributed by atoms with Gasteiger partial charge in [0.05, 0.1) is 11.0 Å². The van der Waals surface area contributed by atoms with E-state index < -0.39 is 0 Å². The molecule has 48 heavy (non-hydrogen) atoms. The van der Waals surface area contributed by atoms with E-state index in [1.807, 2.05) is 12.2 Å². The lowest BCUT2D eigenvalue weighted by Gasteiger charge is -2.14. The largest absolute Gasteiger partial charge is 0.487 e. The van der Waals surface area contributed by atoms with Gasteiger partial charge in [-0.15, -0.1) is 11.3 Å². The number of allylic oxidation sites excluding steroid dienone is 4. The van der Waals surface area contributed by atoms with Crippen molar-refractivity contribution < 1.29 is 4.74 Å². The zero-order valence-electron chi connectivity index (χ0n) is 26.4. The average Bonchev–Trinajstić information content (AvgIpc) is 3.69. The lowest BCUT2D eigenvalue weighted by molar-refractivity contribution is 0.308. The van der Waals surface area contributed by atoms with Gasteiger partial charge in [-0.05, 0) is 65.4 Å². The van der Waals surface area contributed by atoms with Crippen LogP contribution in [-0.2, 0) is 6.61 Å². The summed E-state index contributed by atoms with van der Waals surface area (Å²) in [6.45, 7) is 12.3. The number of hydrogen-bond acceptors (Lipinski definition) is 3. The van der Waals surface area contributed by atoms with Gasteiger partial charge in [-0.2, -0.15) is 0 Å². The van der Waals surface area contributed by atoms with Crippen molar-refractivity contribution in [1.29, 1.82) is 0 Å². The molecule has 0 radical (unpaired) electrons. The predicted molar refractivity (Wildman–Crippen MR) is 207 cm³/mol. The minimum Gasteiger partial charge on any atom is -0.487 e. The minimum absolute atomic E-state index is 0.395. The van der Waals surface area contributed by atoms with Crippen LogP contribution in [0.4, 0.5) is 5.69 Å². The van der Waals surface area contributed by atoms with Gasteiger partial charge >= 0.3 is 0 Å². The molecule has 2 heterocycles. The van der Waals surface area contributed by atoms with E-state index in [2.05, 4.69) is 157 Å². The number of hydrogen-bond donors (Lipinski definition) is 0. The lowest BCUT2D eigenvalue weighted by atomic mass is 10.00. The van der Waals surface area contributed by atoms with E-state index in [-0.39, 0.29) is 0 Å². The van der Waals surface area contributed by atoms with Gasteiger partial charge in [0.1, 0.15) is 18.0 Å². The summed E-state index contributed by atoms with van der Waals surface area (Å²) in [6, 6.07) is 45.0. The third-order valence-corrected chi connectivity index (χ3v) is 10.1. The zero-order valence-corrected chi connectivity index (χ0v) is 27.2. The Morgan fingerprint density at radius 3 is 2.21 bits per heavy atom. The van der Waals surface area contributed by atoms with Crippen molar-refractivity contribution >= 4 is 71.3 Å². The van der Waals surface area contributed by atoms with Gasteiger partial charge in [0.15, 0.2) is 0 Å². The molecule has 0 saturated carbocycles. The van der Waals surface area contributed by atoms with Gasteiger partial charge < -0.3 is 9.30 Å². The van der Waals surface area contributed by atoms with Crippen LogP contribution in [-0.4, -0.2) is 11.3 Å². The molecule has 0 spiro atoms. The van der Waals surface area contributed by atoms with E-state index in [4.69, 9.17) is 4.74 Å². The molecule has 8 rings (SSSR count). The van der Waals surface area contributed by atoms with Gasteiger partial charge in [0.2, 0.25) is 0 Å². The summed E-state index contributed by atoms with van der Waals surface area (Å²) in [7, 11) is 0. The molecule has 0 unspecified atom stereocenters. The molecule has 0 saturated heterocycles. The van der Waals surface area contributed by atoms with Gasteiger partial charge in [0.25, 0.3) is 0 Å². The number of ether oxygens (including phenoxy) is 1. The molecule has 2 aromatic heterocycles. The first-order valence-corrected chi connectivity index (χ1v) is 16.7. The molecule has 0 amide bonds. The summed E-state index contributed by atoms with van der Waals surface area (Å²) in [5.74, 6) is 0.691. The first-order chi connectivity index (χ1) is 23.7. The van der Waals surface area contributed by atoms with Crippen LogP contribution in [0, 0.1) is 0 Å². The van der Waals surface area contributed by atoms with Crippen molar-refractivity contribution in [2.24, 2.45) is 4.99 Å². The number of benzene rings is 6. The normalized spacial score (nSPS) is 11.8. The quantitative estimate of drug-likeness (QED) is 0.114. The van der Waals surface area contributed by atoms with Crippen LogP contribution < -0.4 is 4.74 Å². The Morgan fingerprint density at radius 2 is 1.44 bits per heavy atom. The van der Waals surface area contributed by atoms with Crippen LogP contribution >= 0.6 is 11.3 Å². The first-order valence-electron chi connectivity index (χ1n) is 15.9. The van der Waals surface area contributed by atoms with E-state index in [0.29, 0.717) is 12.4 Å². The Balaban J connectivity index is 1.15. The molecular formula is C44H32N2OS. The Kier molecular flexibility index (Phi) is 7.56. The number of fused-ring (bicyclic) bond motifs is 6.